The van der Waals surface area contributed by atoms with Gasteiger partial charge in [0, 0.05) is 0 Å². The lowest BCUT2D eigenvalue weighted by molar-refractivity contribution is -0.384. The van der Waals surface area contributed by atoms with Gasteiger partial charge in [-0.2, -0.15) is 0 Å². The first kappa shape index (κ1) is 13.5. The molecule has 7 nitrogen and oxygen atoms in total. The van der Waals surface area contributed by atoms with Crippen LogP contribution in [0.2, 0.25) is 0 Å². The lowest BCUT2D eigenvalue weighted by Gasteiger charge is -2.09. The third-order valence-corrected chi connectivity index (χ3v) is 1.64. The molecule has 0 atom stereocenters. The highest BCUT2D eigenvalue weighted by Gasteiger charge is 2.32. The second-order valence-corrected chi connectivity index (χ2v) is 2.91. The van der Waals surface area contributed by atoms with E-state index in [-0.39, 0.29) is 0 Å². The summed E-state index contributed by atoms with van der Waals surface area (Å²) in [5.41, 5.74) is -1.30. The summed E-state index contributed by atoms with van der Waals surface area (Å²) < 4.78 is 39.1. The quantitative estimate of drug-likeness (QED) is 0.646. The molecule has 0 bridgehead atoms. The Bertz CT molecular complexity index is 488. The number of ether oxygens (including phenoxy) is 1. The summed E-state index contributed by atoms with van der Waals surface area (Å²) in [4.78, 5) is 19.8. The largest absolute Gasteiger partial charge is 0.573 e. The van der Waals surface area contributed by atoms with Crippen LogP contribution in [0.3, 0.4) is 0 Å². The second-order valence-electron chi connectivity index (χ2n) is 2.91. The van der Waals surface area contributed by atoms with E-state index in [0.29, 0.717) is 6.07 Å². The van der Waals surface area contributed by atoms with Crippen molar-refractivity contribution in [1.82, 2.24) is 0 Å². The van der Waals surface area contributed by atoms with Crippen molar-refractivity contribution in [3.05, 3.63) is 28.3 Å². The van der Waals surface area contributed by atoms with Gasteiger partial charge in [0.2, 0.25) is 0 Å². The summed E-state index contributed by atoms with van der Waals surface area (Å²) in [6.45, 7) is 0. The predicted octanol–water partition coefficient (Wildman–Crippen LogP) is 2.58. The highest BCUT2D eigenvalue weighted by Crippen LogP contribution is 2.31. The number of nitro groups is 1. The van der Waals surface area contributed by atoms with Gasteiger partial charge in [-0.3, -0.25) is 15.4 Å². The van der Waals surface area contributed by atoms with Gasteiger partial charge in [0.05, 0.1) is 11.0 Å². The van der Waals surface area contributed by atoms with Crippen molar-refractivity contribution in [1.29, 1.82) is 0 Å². The van der Waals surface area contributed by atoms with Gasteiger partial charge in [-0.1, -0.05) is 0 Å². The molecule has 1 rings (SSSR count). The molecule has 0 heterocycles. The first-order valence-corrected chi connectivity index (χ1v) is 4.23. The molecule has 1 aromatic rings. The standard InChI is InChI=1S/C8H5F3N2O5/c9-8(10,11)18-4-1-2-5(12-7(14)15)6(3-4)13(16)17/h1-3,12H,(H,14,15). The van der Waals surface area contributed by atoms with Crippen LogP contribution in [-0.2, 0) is 0 Å². The number of anilines is 1. The topological polar surface area (TPSA) is 102 Å². The van der Waals surface area contributed by atoms with Crippen molar-refractivity contribution in [2.75, 3.05) is 5.32 Å². The van der Waals surface area contributed by atoms with Crippen molar-refractivity contribution in [3.63, 3.8) is 0 Å². The molecule has 2 N–H and O–H groups in total. The third kappa shape index (κ3) is 3.81. The molecular weight excluding hydrogens is 261 g/mol. The lowest BCUT2D eigenvalue weighted by Crippen LogP contribution is -2.17. The van der Waals surface area contributed by atoms with E-state index < -0.39 is 34.5 Å². The summed E-state index contributed by atoms with van der Waals surface area (Å²) in [7, 11) is 0. The Morgan fingerprint density at radius 3 is 2.50 bits per heavy atom. The van der Waals surface area contributed by atoms with E-state index >= 15 is 0 Å². The molecule has 0 unspecified atom stereocenters. The fraction of sp³-hybridized carbons (Fsp3) is 0.125. The maximum Gasteiger partial charge on any atom is 0.573 e. The van der Waals surface area contributed by atoms with E-state index in [9.17, 15) is 28.1 Å². The van der Waals surface area contributed by atoms with Gasteiger partial charge in [-0.05, 0) is 12.1 Å². The van der Waals surface area contributed by atoms with Crippen LogP contribution in [0.1, 0.15) is 0 Å². The second kappa shape index (κ2) is 4.77. The van der Waals surface area contributed by atoms with E-state index in [2.05, 4.69) is 4.74 Å². The minimum atomic E-state index is -4.99. The minimum absolute atomic E-state index is 0.456. The van der Waals surface area contributed by atoms with Crippen LogP contribution in [0.25, 0.3) is 0 Å². The van der Waals surface area contributed by atoms with Crippen molar-refractivity contribution < 1.29 is 32.7 Å². The van der Waals surface area contributed by atoms with Crippen LogP contribution in [0, 0.1) is 10.1 Å². The Hall–Kier alpha value is -2.52. The van der Waals surface area contributed by atoms with Gasteiger partial charge in [-0.25, -0.2) is 4.79 Å². The van der Waals surface area contributed by atoms with E-state index in [1.165, 1.54) is 0 Å². The average Bonchev–Trinajstić information content (AvgIpc) is 2.17. The van der Waals surface area contributed by atoms with Gasteiger partial charge < -0.3 is 9.84 Å². The maximum absolute atomic E-state index is 11.9. The van der Waals surface area contributed by atoms with Crippen molar-refractivity contribution in [3.8, 4) is 5.75 Å². The molecule has 0 radical (unpaired) electrons. The smallest absolute Gasteiger partial charge is 0.465 e. The number of hydrogen-bond acceptors (Lipinski definition) is 4. The van der Waals surface area contributed by atoms with Crippen LogP contribution in [0.15, 0.2) is 18.2 Å². The molecule has 0 saturated carbocycles. The average molecular weight is 266 g/mol. The first-order valence-electron chi connectivity index (χ1n) is 4.23. The monoisotopic (exact) mass is 266 g/mol. The van der Waals surface area contributed by atoms with Crippen molar-refractivity contribution in [2.24, 2.45) is 0 Å². The lowest BCUT2D eigenvalue weighted by atomic mass is 10.2. The number of hydrogen-bond donors (Lipinski definition) is 2. The fourth-order valence-corrected chi connectivity index (χ4v) is 1.08. The minimum Gasteiger partial charge on any atom is -0.465 e. The number of carboxylic acid groups (broad SMARTS) is 1. The molecule has 0 spiro atoms. The summed E-state index contributed by atoms with van der Waals surface area (Å²) in [5, 5.41) is 20.6. The molecule has 0 aliphatic carbocycles. The highest BCUT2D eigenvalue weighted by atomic mass is 19.4. The van der Waals surface area contributed by atoms with E-state index in [1.807, 2.05) is 0 Å². The van der Waals surface area contributed by atoms with Crippen molar-refractivity contribution >= 4 is 17.5 Å². The molecule has 98 valence electrons. The fourth-order valence-electron chi connectivity index (χ4n) is 1.08. The zero-order valence-corrected chi connectivity index (χ0v) is 8.39. The number of nitrogens with one attached hydrogen (secondary N) is 1. The summed E-state index contributed by atoms with van der Waals surface area (Å²) in [5.74, 6) is -0.815. The van der Waals surface area contributed by atoms with Crippen LogP contribution < -0.4 is 10.1 Å². The van der Waals surface area contributed by atoms with Crippen molar-refractivity contribution in [2.45, 2.75) is 6.36 Å². The zero-order valence-electron chi connectivity index (χ0n) is 8.39. The number of amides is 1. The van der Waals surface area contributed by atoms with Gasteiger partial charge in [0.25, 0.3) is 5.69 Å². The molecule has 18 heavy (non-hydrogen) atoms. The van der Waals surface area contributed by atoms with Gasteiger partial charge >= 0.3 is 12.5 Å². The number of nitrogens with zero attached hydrogens (tertiary/aromatic N) is 1. The number of carbonyl (C=O) groups is 1. The Morgan fingerprint density at radius 2 is 2.06 bits per heavy atom. The molecule has 10 heteroatoms. The summed E-state index contributed by atoms with van der Waals surface area (Å²) in [6.07, 6.45) is -6.57. The molecule has 0 fully saturated rings. The van der Waals surface area contributed by atoms with E-state index in [0.717, 1.165) is 12.1 Å². The normalized spacial score (nSPS) is 10.8. The number of halogens is 3. The number of rotatable bonds is 3. The van der Waals surface area contributed by atoms with Gasteiger partial charge in [-0.15, -0.1) is 13.2 Å². The zero-order chi connectivity index (χ0) is 13.9. The van der Waals surface area contributed by atoms with E-state index in [1.54, 1.807) is 5.32 Å². The molecule has 0 aromatic heterocycles. The molecule has 0 aliphatic heterocycles. The predicted molar refractivity (Wildman–Crippen MR) is 51.4 cm³/mol. The SMILES string of the molecule is O=C(O)Nc1ccc(OC(F)(F)F)cc1[N+](=O)[O-]. The maximum atomic E-state index is 11.9. The van der Waals surface area contributed by atoms with Crippen LogP contribution in [0.4, 0.5) is 29.3 Å². The van der Waals surface area contributed by atoms with Gasteiger partial charge in [0.1, 0.15) is 11.4 Å². The third-order valence-electron chi connectivity index (χ3n) is 1.64. The van der Waals surface area contributed by atoms with E-state index in [4.69, 9.17) is 5.11 Å². The number of alkyl halides is 3. The molecule has 1 amide bonds. The molecular formula is C8H5F3N2O5. The van der Waals surface area contributed by atoms with Crippen LogP contribution in [0.5, 0.6) is 5.75 Å². The molecule has 0 saturated heterocycles. The Kier molecular flexibility index (Phi) is 3.59. The summed E-state index contributed by atoms with van der Waals surface area (Å²) >= 11 is 0. The Labute approximate surface area is 96.9 Å². The van der Waals surface area contributed by atoms with Gasteiger partial charge in [0.15, 0.2) is 0 Å². The highest BCUT2D eigenvalue weighted by molar-refractivity contribution is 5.86. The van der Waals surface area contributed by atoms with Crippen LogP contribution in [-0.4, -0.2) is 22.5 Å². The molecule has 0 aliphatic rings. The molecule has 1 aromatic carbocycles. The number of nitro benzene ring substituents is 1. The Balaban J connectivity index is 3.11. The van der Waals surface area contributed by atoms with Crippen LogP contribution >= 0.6 is 0 Å². The Morgan fingerprint density at radius 1 is 1.44 bits per heavy atom. The number of benzene rings is 1. The first-order chi connectivity index (χ1) is 8.19. The summed E-state index contributed by atoms with van der Waals surface area (Å²) in [6, 6.07) is 2.03.